The van der Waals surface area contributed by atoms with Crippen molar-refractivity contribution in [2.75, 3.05) is 5.73 Å². The number of nitrogens with two attached hydrogens (primary N) is 1. The fourth-order valence-corrected chi connectivity index (χ4v) is 2.12. The molecule has 18 heavy (non-hydrogen) atoms. The predicted molar refractivity (Wildman–Crippen MR) is 65.0 cm³/mol. The van der Waals surface area contributed by atoms with Gasteiger partial charge in [0, 0.05) is 11.9 Å². The van der Waals surface area contributed by atoms with Crippen LogP contribution >= 0.6 is 11.8 Å². The number of nitrogen functional groups attached to an aromatic ring is 1. The Bertz CT molecular complexity index is 710. The lowest BCUT2D eigenvalue weighted by atomic mass is 10.3. The van der Waals surface area contributed by atoms with Crippen molar-refractivity contribution in [2.45, 2.75) is 10.1 Å². The Morgan fingerprint density at radius 1 is 1.44 bits per heavy atom. The summed E-state index contributed by atoms with van der Waals surface area (Å²) in [5.74, 6) is -0.547. The maximum absolute atomic E-state index is 13.2. The third-order valence-electron chi connectivity index (χ3n) is 2.16. The molecule has 0 spiro atoms. The minimum Gasteiger partial charge on any atom is -0.395 e. The fraction of sp³-hybridized carbons (Fsp3) is 0.100. The standard InChI is InChI=1S/C10H9FN4O2S/c1-15-10(13-8(16)9(17)14-15)18-6-4-2-3-5(11)7(6)12/h2-4H,12H2,1H3,(H,14,17). The SMILES string of the molecule is Cn1[nH]c(=O)c(=O)nc1Sc1cccc(F)c1N. The molecule has 0 radical (unpaired) electrons. The Hall–Kier alpha value is -2.09. The van der Waals surface area contributed by atoms with E-state index < -0.39 is 16.9 Å². The number of nitrogens with one attached hydrogen (secondary N) is 1. The number of para-hydroxylation sites is 1. The summed E-state index contributed by atoms with van der Waals surface area (Å²) in [5, 5.41) is 2.51. The topological polar surface area (TPSA) is 93.8 Å². The van der Waals surface area contributed by atoms with Crippen LogP contribution in [0.4, 0.5) is 10.1 Å². The Morgan fingerprint density at radius 3 is 2.89 bits per heavy atom. The second kappa shape index (κ2) is 4.65. The molecule has 0 bridgehead atoms. The minimum atomic E-state index is -0.898. The number of benzene rings is 1. The predicted octanol–water partition coefficient (Wildman–Crippen LogP) is 0.341. The van der Waals surface area contributed by atoms with Gasteiger partial charge in [-0.2, -0.15) is 4.98 Å². The van der Waals surface area contributed by atoms with Crippen LogP contribution in [0.15, 0.2) is 37.8 Å². The fourth-order valence-electron chi connectivity index (χ4n) is 1.26. The third kappa shape index (κ3) is 2.28. The van der Waals surface area contributed by atoms with Crippen molar-refractivity contribution >= 4 is 17.4 Å². The number of aromatic nitrogens is 3. The van der Waals surface area contributed by atoms with E-state index in [4.69, 9.17) is 5.73 Å². The second-order valence-electron chi connectivity index (χ2n) is 3.45. The molecule has 0 aliphatic rings. The van der Waals surface area contributed by atoms with Gasteiger partial charge in [0.05, 0.1) is 5.69 Å². The van der Waals surface area contributed by atoms with Crippen LogP contribution in [0, 0.1) is 5.82 Å². The number of aryl methyl sites for hydroxylation is 1. The van der Waals surface area contributed by atoms with E-state index in [0.717, 1.165) is 11.8 Å². The molecule has 0 saturated heterocycles. The van der Waals surface area contributed by atoms with Crippen LogP contribution in [0.5, 0.6) is 0 Å². The molecular weight excluding hydrogens is 259 g/mol. The van der Waals surface area contributed by atoms with Gasteiger partial charge >= 0.3 is 11.1 Å². The van der Waals surface area contributed by atoms with Gasteiger partial charge < -0.3 is 5.73 Å². The van der Waals surface area contributed by atoms with Crippen LogP contribution in [0.2, 0.25) is 0 Å². The van der Waals surface area contributed by atoms with Gasteiger partial charge in [0.15, 0.2) is 5.16 Å². The zero-order valence-electron chi connectivity index (χ0n) is 9.31. The van der Waals surface area contributed by atoms with Gasteiger partial charge in [-0.15, -0.1) is 0 Å². The highest BCUT2D eigenvalue weighted by Crippen LogP contribution is 2.30. The first-order chi connectivity index (χ1) is 8.49. The lowest BCUT2D eigenvalue weighted by Crippen LogP contribution is -2.33. The molecule has 0 saturated carbocycles. The quantitative estimate of drug-likeness (QED) is 0.605. The number of halogens is 1. The maximum Gasteiger partial charge on any atom is 0.339 e. The number of aromatic amines is 1. The molecule has 94 valence electrons. The molecule has 0 aliphatic carbocycles. The number of anilines is 1. The van der Waals surface area contributed by atoms with Gasteiger partial charge in [0.1, 0.15) is 5.82 Å². The number of nitrogens with zero attached hydrogens (tertiary/aromatic N) is 2. The highest BCUT2D eigenvalue weighted by Gasteiger charge is 2.10. The summed E-state index contributed by atoms with van der Waals surface area (Å²) in [6.45, 7) is 0. The average molecular weight is 268 g/mol. The van der Waals surface area contributed by atoms with Gasteiger partial charge in [-0.05, 0) is 23.9 Å². The van der Waals surface area contributed by atoms with E-state index in [1.807, 2.05) is 0 Å². The molecule has 0 amide bonds. The van der Waals surface area contributed by atoms with Gasteiger partial charge in [-0.25, -0.2) is 4.39 Å². The van der Waals surface area contributed by atoms with Crippen molar-refractivity contribution in [3.8, 4) is 0 Å². The molecule has 2 aromatic rings. The zero-order chi connectivity index (χ0) is 13.3. The number of hydrogen-bond donors (Lipinski definition) is 2. The third-order valence-corrected chi connectivity index (χ3v) is 3.29. The molecule has 6 nitrogen and oxygen atoms in total. The maximum atomic E-state index is 13.2. The molecule has 2 rings (SSSR count). The number of rotatable bonds is 2. The van der Waals surface area contributed by atoms with E-state index in [0.29, 0.717) is 4.90 Å². The average Bonchev–Trinajstić information content (AvgIpc) is 2.32. The molecule has 1 heterocycles. The van der Waals surface area contributed by atoms with Crippen LogP contribution < -0.4 is 16.9 Å². The van der Waals surface area contributed by atoms with Crippen molar-refractivity contribution in [1.29, 1.82) is 0 Å². The van der Waals surface area contributed by atoms with Crippen molar-refractivity contribution in [2.24, 2.45) is 7.05 Å². The van der Waals surface area contributed by atoms with Crippen molar-refractivity contribution < 1.29 is 4.39 Å². The Morgan fingerprint density at radius 2 is 2.17 bits per heavy atom. The van der Waals surface area contributed by atoms with E-state index >= 15 is 0 Å². The van der Waals surface area contributed by atoms with Crippen LogP contribution in [0.3, 0.4) is 0 Å². The highest BCUT2D eigenvalue weighted by molar-refractivity contribution is 7.99. The van der Waals surface area contributed by atoms with E-state index in [1.54, 1.807) is 6.07 Å². The second-order valence-corrected chi connectivity index (χ2v) is 4.46. The molecule has 1 aromatic carbocycles. The zero-order valence-corrected chi connectivity index (χ0v) is 10.1. The molecule has 3 N–H and O–H groups in total. The summed E-state index contributed by atoms with van der Waals surface area (Å²) >= 11 is 0.995. The van der Waals surface area contributed by atoms with E-state index in [2.05, 4.69) is 10.1 Å². The van der Waals surface area contributed by atoms with Crippen LogP contribution in [-0.2, 0) is 7.05 Å². The Labute approximate surface area is 105 Å². The first-order valence-corrected chi connectivity index (χ1v) is 5.70. The smallest absolute Gasteiger partial charge is 0.339 e. The summed E-state index contributed by atoms with van der Waals surface area (Å²) in [7, 11) is 1.52. The van der Waals surface area contributed by atoms with E-state index in [-0.39, 0.29) is 10.8 Å². The first kappa shape index (κ1) is 12.4. The molecular formula is C10H9FN4O2S. The summed E-state index contributed by atoms with van der Waals surface area (Å²) in [5.41, 5.74) is 3.83. The molecule has 0 unspecified atom stereocenters. The summed E-state index contributed by atoms with van der Waals surface area (Å²) < 4.78 is 14.5. The van der Waals surface area contributed by atoms with Gasteiger partial charge in [-0.1, -0.05) is 6.07 Å². The number of hydrogen-bond acceptors (Lipinski definition) is 5. The molecule has 1 aromatic heterocycles. The summed E-state index contributed by atoms with van der Waals surface area (Å²) in [6.07, 6.45) is 0. The van der Waals surface area contributed by atoms with Crippen LogP contribution in [0.1, 0.15) is 0 Å². The van der Waals surface area contributed by atoms with Crippen molar-refractivity contribution in [3.05, 3.63) is 44.7 Å². The lowest BCUT2D eigenvalue weighted by molar-refractivity contribution is 0.596. The normalized spacial score (nSPS) is 10.6. The minimum absolute atomic E-state index is 0.0250. The van der Waals surface area contributed by atoms with Gasteiger partial charge in [-0.3, -0.25) is 19.4 Å². The first-order valence-electron chi connectivity index (χ1n) is 4.88. The molecule has 8 heteroatoms. The monoisotopic (exact) mass is 268 g/mol. The van der Waals surface area contributed by atoms with Crippen LogP contribution in [0.25, 0.3) is 0 Å². The van der Waals surface area contributed by atoms with Crippen molar-refractivity contribution in [3.63, 3.8) is 0 Å². The Balaban J connectivity index is 2.46. The summed E-state index contributed by atoms with van der Waals surface area (Å²) in [6, 6.07) is 4.33. The van der Waals surface area contributed by atoms with Gasteiger partial charge in [0.2, 0.25) is 0 Å². The van der Waals surface area contributed by atoms with E-state index in [1.165, 1.54) is 23.9 Å². The van der Waals surface area contributed by atoms with Crippen molar-refractivity contribution in [1.82, 2.24) is 14.8 Å². The number of H-pyrrole nitrogens is 1. The summed E-state index contributed by atoms with van der Waals surface area (Å²) in [4.78, 5) is 26.2. The Kier molecular flexibility index (Phi) is 3.19. The van der Waals surface area contributed by atoms with E-state index in [9.17, 15) is 14.0 Å². The van der Waals surface area contributed by atoms with Gasteiger partial charge in [0.25, 0.3) is 0 Å². The highest BCUT2D eigenvalue weighted by atomic mass is 32.2. The molecule has 0 aliphatic heterocycles. The lowest BCUT2D eigenvalue weighted by Gasteiger charge is -2.07. The largest absolute Gasteiger partial charge is 0.395 e. The van der Waals surface area contributed by atoms with Crippen LogP contribution in [-0.4, -0.2) is 14.8 Å². The molecule has 0 atom stereocenters. The molecule has 0 fully saturated rings.